The maximum absolute atomic E-state index is 13.0. The number of ether oxygens (including phenoxy) is 2. The van der Waals surface area contributed by atoms with E-state index in [1.807, 2.05) is 0 Å². The van der Waals surface area contributed by atoms with Crippen LogP contribution in [0.1, 0.15) is 21.9 Å². The SMILES string of the molecule is COC(=O)c1cc(OCc2c(-c3ccc(F)cc3)noc2C)no1. The van der Waals surface area contributed by atoms with Gasteiger partial charge >= 0.3 is 5.97 Å². The van der Waals surface area contributed by atoms with Gasteiger partial charge in [0.2, 0.25) is 5.76 Å². The van der Waals surface area contributed by atoms with Crippen LogP contribution < -0.4 is 4.74 Å². The van der Waals surface area contributed by atoms with Crippen molar-refractivity contribution in [1.82, 2.24) is 10.3 Å². The smallest absolute Gasteiger partial charge is 0.377 e. The largest absolute Gasteiger partial charge is 0.470 e. The van der Waals surface area contributed by atoms with Crippen molar-refractivity contribution in [3.8, 4) is 17.1 Å². The van der Waals surface area contributed by atoms with Crippen LogP contribution in [0.3, 0.4) is 0 Å². The zero-order valence-corrected chi connectivity index (χ0v) is 12.9. The van der Waals surface area contributed by atoms with Crippen molar-refractivity contribution in [2.24, 2.45) is 0 Å². The number of hydrogen-bond acceptors (Lipinski definition) is 7. The summed E-state index contributed by atoms with van der Waals surface area (Å²) in [5, 5.41) is 7.61. The van der Waals surface area contributed by atoms with Crippen LogP contribution in [0, 0.1) is 12.7 Å². The molecule has 24 heavy (non-hydrogen) atoms. The van der Waals surface area contributed by atoms with Crippen molar-refractivity contribution in [2.45, 2.75) is 13.5 Å². The Morgan fingerprint density at radius 1 is 1.21 bits per heavy atom. The topological polar surface area (TPSA) is 87.6 Å². The lowest BCUT2D eigenvalue weighted by molar-refractivity contribution is 0.0554. The second-order valence-corrected chi connectivity index (χ2v) is 4.88. The highest BCUT2D eigenvalue weighted by Gasteiger charge is 2.18. The van der Waals surface area contributed by atoms with Crippen molar-refractivity contribution >= 4 is 5.97 Å². The van der Waals surface area contributed by atoms with Gasteiger partial charge in [0.15, 0.2) is 0 Å². The predicted octanol–water partition coefficient (Wildman–Crippen LogP) is 3.14. The highest BCUT2D eigenvalue weighted by Crippen LogP contribution is 2.26. The van der Waals surface area contributed by atoms with Crippen LogP contribution in [0.5, 0.6) is 5.88 Å². The van der Waals surface area contributed by atoms with Gasteiger partial charge in [0.25, 0.3) is 5.88 Å². The lowest BCUT2D eigenvalue weighted by atomic mass is 10.1. The third-order valence-corrected chi connectivity index (χ3v) is 3.34. The molecule has 8 heteroatoms. The van der Waals surface area contributed by atoms with Gasteiger partial charge in [-0.05, 0) is 36.3 Å². The molecule has 0 fully saturated rings. The Hall–Kier alpha value is -3.16. The quantitative estimate of drug-likeness (QED) is 0.663. The van der Waals surface area contributed by atoms with E-state index in [4.69, 9.17) is 13.8 Å². The van der Waals surface area contributed by atoms with Crippen LogP contribution in [0.15, 0.2) is 39.4 Å². The first-order chi connectivity index (χ1) is 11.6. The van der Waals surface area contributed by atoms with E-state index in [0.29, 0.717) is 22.6 Å². The summed E-state index contributed by atoms with van der Waals surface area (Å²) < 4.78 is 33.1. The summed E-state index contributed by atoms with van der Waals surface area (Å²) in [7, 11) is 1.24. The summed E-state index contributed by atoms with van der Waals surface area (Å²) in [5.74, 6) is -0.361. The number of halogens is 1. The molecule has 0 spiro atoms. The van der Waals surface area contributed by atoms with E-state index in [9.17, 15) is 9.18 Å². The zero-order chi connectivity index (χ0) is 17.1. The van der Waals surface area contributed by atoms with Gasteiger partial charge in [-0.25, -0.2) is 9.18 Å². The summed E-state index contributed by atoms with van der Waals surface area (Å²) in [6, 6.07) is 7.20. The van der Waals surface area contributed by atoms with Crippen LogP contribution in [0.25, 0.3) is 11.3 Å². The Morgan fingerprint density at radius 3 is 2.67 bits per heavy atom. The van der Waals surface area contributed by atoms with Gasteiger partial charge in [-0.1, -0.05) is 5.16 Å². The van der Waals surface area contributed by atoms with E-state index >= 15 is 0 Å². The van der Waals surface area contributed by atoms with E-state index in [1.165, 1.54) is 25.3 Å². The molecule has 3 rings (SSSR count). The summed E-state index contributed by atoms with van der Waals surface area (Å²) in [6.45, 7) is 1.83. The van der Waals surface area contributed by atoms with Gasteiger partial charge in [-0.2, -0.15) is 0 Å². The van der Waals surface area contributed by atoms with Gasteiger partial charge in [0, 0.05) is 5.56 Å². The molecule has 0 aliphatic carbocycles. The molecule has 0 atom stereocenters. The molecule has 0 saturated carbocycles. The third kappa shape index (κ3) is 3.12. The predicted molar refractivity (Wildman–Crippen MR) is 78.8 cm³/mol. The van der Waals surface area contributed by atoms with E-state index in [-0.39, 0.29) is 24.1 Å². The molecular weight excluding hydrogens is 319 g/mol. The van der Waals surface area contributed by atoms with Crippen molar-refractivity contribution < 1.29 is 27.7 Å². The van der Waals surface area contributed by atoms with E-state index in [2.05, 4.69) is 15.1 Å². The molecule has 0 aliphatic heterocycles. The molecule has 2 heterocycles. The van der Waals surface area contributed by atoms with E-state index < -0.39 is 5.97 Å². The fraction of sp³-hybridized carbons (Fsp3) is 0.188. The Morgan fingerprint density at radius 2 is 1.96 bits per heavy atom. The van der Waals surface area contributed by atoms with Crippen molar-refractivity contribution in [3.05, 3.63) is 53.2 Å². The maximum atomic E-state index is 13.0. The molecule has 2 aromatic heterocycles. The zero-order valence-electron chi connectivity index (χ0n) is 12.9. The Kier molecular flexibility index (Phi) is 4.28. The molecule has 0 unspecified atom stereocenters. The summed E-state index contributed by atoms with van der Waals surface area (Å²) >= 11 is 0. The maximum Gasteiger partial charge on any atom is 0.377 e. The molecule has 0 bridgehead atoms. The molecule has 0 amide bonds. The number of nitrogens with zero attached hydrogens (tertiary/aromatic N) is 2. The van der Waals surface area contributed by atoms with Crippen molar-refractivity contribution in [3.63, 3.8) is 0 Å². The molecule has 0 radical (unpaired) electrons. The fourth-order valence-electron chi connectivity index (χ4n) is 2.07. The first-order valence-electron chi connectivity index (χ1n) is 6.97. The van der Waals surface area contributed by atoms with Gasteiger partial charge in [0.1, 0.15) is 23.9 Å². The second-order valence-electron chi connectivity index (χ2n) is 4.88. The number of rotatable bonds is 5. The molecule has 3 aromatic rings. The first-order valence-corrected chi connectivity index (χ1v) is 6.97. The number of methoxy groups -OCH3 is 1. The average Bonchev–Trinajstić information content (AvgIpc) is 3.20. The standard InChI is InChI=1S/C16H13FN2O5/c1-9-12(8-22-14-7-13(24-18-14)16(20)21-2)15(19-23-9)10-3-5-11(17)6-4-10/h3-7H,8H2,1-2H3. The monoisotopic (exact) mass is 332 g/mol. The van der Waals surface area contributed by atoms with Crippen LogP contribution in [0.2, 0.25) is 0 Å². The van der Waals surface area contributed by atoms with Crippen molar-refractivity contribution in [1.29, 1.82) is 0 Å². The minimum atomic E-state index is -0.648. The van der Waals surface area contributed by atoms with Crippen LogP contribution >= 0.6 is 0 Å². The normalized spacial score (nSPS) is 10.6. The average molecular weight is 332 g/mol. The number of esters is 1. The summed E-state index contributed by atoms with van der Waals surface area (Å²) in [5.41, 5.74) is 1.93. The lowest BCUT2D eigenvalue weighted by Gasteiger charge is -2.03. The Labute approximate surface area is 135 Å². The Bertz CT molecular complexity index is 854. The minimum absolute atomic E-state index is 0.0618. The fourth-order valence-corrected chi connectivity index (χ4v) is 2.07. The molecule has 7 nitrogen and oxygen atoms in total. The third-order valence-electron chi connectivity index (χ3n) is 3.34. The Balaban J connectivity index is 1.78. The summed E-state index contributed by atoms with van der Waals surface area (Å²) in [4.78, 5) is 11.3. The van der Waals surface area contributed by atoms with E-state index in [0.717, 1.165) is 0 Å². The highest BCUT2D eigenvalue weighted by atomic mass is 19.1. The number of benzene rings is 1. The number of carbonyl (C=O) groups is 1. The molecule has 0 N–H and O–H groups in total. The minimum Gasteiger partial charge on any atom is -0.470 e. The lowest BCUT2D eigenvalue weighted by Crippen LogP contribution is -1.99. The van der Waals surface area contributed by atoms with Gasteiger partial charge < -0.3 is 18.5 Å². The van der Waals surface area contributed by atoms with Gasteiger partial charge in [-0.15, -0.1) is 0 Å². The summed E-state index contributed by atoms with van der Waals surface area (Å²) in [6.07, 6.45) is 0. The van der Waals surface area contributed by atoms with Crippen LogP contribution in [-0.4, -0.2) is 23.4 Å². The molecule has 0 saturated heterocycles. The number of carbonyl (C=O) groups excluding carboxylic acids is 1. The number of aryl methyl sites for hydroxylation is 1. The molecular formula is C16H13FN2O5. The molecule has 124 valence electrons. The van der Waals surface area contributed by atoms with Crippen LogP contribution in [-0.2, 0) is 11.3 Å². The van der Waals surface area contributed by atoms with Gasteiger partial charge in [0.05, 0.1) is 18.7 Å². The number of hydrogen-bond donors (Lipinski definition) is 0. The van der Waals surface area contributed by atoms with E-state index in [1.54, 1.807) is 19.1 Å². The molecule has 1 aromatic carbocycles. The molecule has 0 aliphatic rings. The van der Waals surface area contributed by atoms with Crippen molar-refractivity contribution in [2.75, 3.05) is 7.11 Å². The first kappa shape index (κ1) is 15.7. The van der Waals surface area contributed by atoms with Crippen LogP contribution in [0.4, 0.5) is 4.39 Å². The highest BCUT2D eigenvalue weighted by molar-refractivity contribution is 5.86. The van der Waals surface area contributed by atoms with Gasteiger partial charge in [-0.3, -0.25) is 0 Å². The number of aromatic nitrogens is 2. The second kappa shape index (κ2) is 6.53.